The van der Waals surface area contributed by atoms with Gasteiger partial charge in [0.1, 0.15) is 0 Å². The average Bonchev–Trinajstić information content (AvgIpc) is 2.55. The fourth-order valence-corrected chi connectivity index (χ4v) is 5.48. The van der Waals surface area contributed by atoms with E-state index in [-0.39, 0.29) is 17.5 Å². The van der Waals surface area contributed by atoms with Gasteiger partial charge in [0.15, 0.2) is 0 Å². The van der Waals surface area contributed by atoms with E-state index in [9.17, 15) is 4.79 Å². The van der Waals surface area contributed by atoms with Crippen LogP contribution in [0.3, 0.4) is 0 Å². The SMILES string of the molecule is CC(C)(C)CCOC(=O)C(C)(C)CC1CN(CCSSCCC(C)(C)C)CCO1. The highest BCUT2D eigenvalue weighted by Crippen LogP contribution is 2.30. The molecule has 29 heavy (non-hydrogen) atoms. The second kappa shape index (κ2) is 12.2. The number of nitrogens with zero attached hydrogens (tertiary/aromatic N) is 1. The van der Waals surface area contributed by atoms with Gasteiger partial charge in [-0.1, -0.05) is 63.1 Å². The highest BCUT2D eigenvalue weighted by molar-refractivity contribution is 8.76. The van der Waals surface area contributed by atoms with E-state index in [0.717, 1.165) is 38.4 Å². The zero-order valence-electron chi connectivity index (χ0n) is 20.1. The van der Waals surface area contributed by atoms with Gasteiger partial charge in [-0.15, -0.1) is 0 Å². The Bertz CT molecular complexity index is 483. The van der Waals surface area contributed by atoms with E-state index in [1.165, 1.54) is 12.2 Å². The molecule has 0 aromatic carbocycles. The minimum atomic E-state index is -0.511. The van der Waals surface area contributed by atoms with Crippen molar-refractivity contribution in [3.8, 4) is 0 Å². The number of carbonyl (C=O) groups excluding carboxylic acids is 1. The molecule has 0 amide bonds. The van der Waals surface area contributed by atoms with E-state index >= 15 is 0 Å². The zero-order chi connectivity index (χ0) is 22.1. The van der Waals surface area contributed by atoms with Gasteiger partial charge < -0.3 is 9.47 Å². The second-order valence-corrected chi connectivity index (χ2v) is 14.0. The van der Waals surface area contributed by atoms with Crippen molar-refractivity contribution in [2.45, 2.75) is 80.8 Å². The molecular weight excluding hydrogens is 402 g/mol. The van der Waals surface area contributed by atoms with Crippen LogP contribution in [-0.4, -0.2) is 61.3 Å². The summed E-state index contributed by atoms with van der Waals surface area (Å²) in [7, 11) is 3.97. The Hall–Kier alpha value is 0.0900. The molecule has 1 heterocycles. The third-order valence-electron chi connectivity index (χ3n) is 5.11. The summed E-state index contributed by atoms with van der Waals surface area (Å²) < 4.78 is 11.5. The van der Waals surface area contributed by atoms with E-state index in [1.807, 2.05) is 35.4 Å². The molecule has 0 saturated carbocycles. The van der Waals surface area contributed by atoms with Crippen LogP contribution in [0.2, 0.25) is 0 Å². The first-order chi connectivity index (χ1) is 13.3. The summed E-state index contributed by atoms with van der Waals surface area (Å²) >= 11 is 0. The van der Waals surface area contributed by atoms with Crippen LogP contribution in [-0.2, 0) is 14.3 Å². The van der Waals surface area contributed by atoms with Gasteiger partial charge in [-0.05, 0) is 43.9 Å². The summed E-state index contributed by atoms with van der Waals surface area (Å²) in [5.41, 5.74) is 0.0925. The Kier molecular flexibility index (Phi) is 11.4. The zero-order valence-corrected chi connectivity index (χ0v) is 21.8. The van der Waals surface area contributed by atoms with Gasteiger partial charge in [0.05, 0.1) is 24.7 Å². The topological polar surface area (TPSA) is 38.8 Å². The van der Waals surface area contributed by atoms with Crippen LogP contribution in [0.15, 0.2) is 0 Å². The van der Waals surface area contributed by atoms with Crippen molar-refractivity contribution in [3.05, 3.63) is 0 Å². The molecule has 0 radical (unpaired) electrons. The Labute approximate surface area is 188 Å². The normalized spacial score (nSPS) is 19.4. The Balaban J connectivity index is 2.29. The van der Waals surface area contributed by atoms with Gasteiger partial charge in [-0.25, -0.2) is 0 Å². The molecule has 6 heteroatoms. The van der Waals surface area contributed by atoms with Crippen molar-refractivity contribution < 1.29 is 14.3 Å². The molecule has 1 atom stereocenters. The van der Waals surface area contributed by atoms with Gasteiger partial charge in [0.2, 0.25) is 0 Å². The maximum atomic E-state index is 12.6. The van der Waals surface area contributed by atoms with Crippen molar-refractivity contribution >= 4 is 27.6 Å². The van der Waals surface area contributed by atoms with Crippen LogP contribution in [0.5, 0.6) is 0 Å². The van der Waals surface area contributed by atoms with Gasteiger partial charge >= 0.3 is 5.97 Å². The van der Waals surface area contributed by atoms with E-state index in [0.29, 0.717) is 18.4 Å². The number of ether oxygens (including phenoxy) is 2. The van der Waals surface area contributed by atoms with Gasteiger partial charge in [0, 0.05) is 31.1 Å². The molecular formula is C23H45NO3S2. The molecule has 172 valence electrons. The molecule has 0 bridgehead atoms. The van der Waals surface area contributed by atoms with Crippen LogP contribution >= 0.6 is 21.6 Å². The van der Waals surface area contributed by atoms with Crippen molar-refractivity contribution in [1.82, 2.24) is 4.90 Å². The quantitative estimate of drug-likeness (QED) is 0.223. The molecule has 0 spiro atoms. The van der Waals surface area contributed by atoms with Gasteiger partial charge in [-0.3, -0.25) is 9.69 Å². The molecule has 0 aromatic heterocycles. The fourth-order valence-electron chi connectivity index (χ4n) is 3.04. The average molecular weight is 448 g/mol. The van der Waals surface area contributed by atoms with Crippen molar-refractivity contribution in [2.24, 2.45) is 16.2 Å². The van der Waals surface area contributed by atoms with Crippen LogP contribution in [0.1, 0.15) is 74.7 Å². The van der Waals surface area contributed by atoms with Gasteiger partial charge in [-0.2, -0.15) is 0 Å². The van der Waals surface area contributed by atoms with E-state index in [1.54, 1.807) is 0 Å². The molecule has 1 saturated heterocycles. The smallest absolute Gasteiger partial charge is 0.311 e. The van der Waals surface area contributed by atoms with Crippen LogP contribution in [0.25, 0.3) is 0 Å². The number of carbonyl (C=O) groups is 1. The summed E-state index contributed by atoms with van der Waals surface area (Å²) in [5, 5.41) is 0. The van der Waals surface area contributed by atoms with Crippen LogP contribution in [0.4, 0.5) is 0 Å². The monoisotopic (exact) mass is 447 g/mol. The molecule has 1 aliphatic heterocycles. The molecule has 1 unspecified atom stereocenters. The summed E-state index contributed by atoms with van der Waals surface area (Å²) in [6.07, 6.45) is 2.96. The second-order valence-electron chi connectivity index (χ2n) is 11.3. The maximum Gasteiger partial charge on any atom is 0.311 e. The lowest BCUT2D eigenvalue weighted by atomic mass is 9.86. The Morgan fingerprint density at radius 2 is 1.62 bits per heavy atom. The first-order valence-corrected chi connectivity index (χ1v) is 13.5. The molecule has 0 aliphatic carbocycles. The molecule has 0 aromatic rings. The third kappa shape index (κ3) is 13.2. The Morgan fingerprint density at radius 3 is 2.24 bits per heavy atom. The maximum absolute atomic E-state index is 12.6. The molecule has 1 rings (SSSR count). The lowest BCUT2D eigenvalue weighted by Gasteiger charge is -2.36. The van der Waals surface area contributed by atoms with Gasteiger partial charge in [0.25, 0.3) is 0 Å². The van der Waals surface area contributed by atoms with Crippen LogP contribution < -0.4 is 0 Å². The predicted molar refractivity (Wildman–Crippen MR) is 129 cm³/mol. The van der Waals surface area contributed by atoms with Crippen molar-refractivity contribution in [3.63, 3.8) is 0 Å². The third-order valence-corrected chi connectivity index (χ3v) is 7.49. The largest absolute Gasteiger partial charge is 0.465 e. The Morgan fingerprint density at radius 1 is 1.00 bits per heavy atom. The lowest BCUT2D eigenvalue weighted by molar-refractivity contribution is -0.158. The molecule has 1 aliphatic rings. The number of rotatable bonds is 11. The first kappa shape index (κ1) is 27.1. The van der Waals surface area contributed by atoms with E-state index in [4.69, 9.17) is 9.47 Å². The fraction of sp³-hybridized carbons (Fsp3) is 0.957. The summed E-state index contributed by atoms with van der Waals surface area (Å²) in [6, 6.07) is 0. The minimum absolute atomic E-state index is 0.103. The highest BCUT2D eigenvalue weighted by atomic mass is 33.1. The summed E-state index contributed by atoms with van der Waals surface area (Å²) in [5.74, 6) is 2.25. The lowest BCUT2D eigenvalue weighted by Crippen LogP contribution is -2.46. The first-order valence-electron chi connectivity index (χ1n) is 11.0. The number of morpholine rings is 1. The summed E-state index contributed by atoms with van der Waals surface area (Å²) in [6.45, 7) is 21.6. The predicted octanol–water partition coefficient (Wildman–Crippen LogP) is 5.90. The number of esters is 1. The minimum Gasteiger partial charge on any atom is -0.465 e. The molecule has 1 fully saturated rings. The van der Waals surface area contributed by atoms with Crippen molar-refractivity contribution in [1.29, 1.82) is 0 Å². The van der Waals surface area contributed by atoms with Crippen LogP contribution in [0, 0.1) is 16.2 Å². The molecule has 0 N–H and O–H groups in total. The highest BCUT2D eigenvalue weighted by Gasteiger charge is 2.35. The van der Waals surface area contributed by atoms with Crippen molar-refractivity contribution in [2.75, 3.05) is 44.4 Å². The number of hydrogen-bond acceptors (Lipinski definition) is 6. The standard InChI is InChI=1S/C23H45NO3S2/c1-21(2,3)9-13-27-20(25)23(7,8)17-19-18-24(11-14-26-19)12-16-29-28-15-10-22(4,5)6/h19H,9-18H2,1-8H3. The van der Waals surface area contributed by atoms with E-state index in [2.05, 4.69) is 46.4 Å². The molecule has 4 nitrogen and oxygen atoms in total. The summed E-state index contributed by atoms with van der Waals surface area (Å²) in [4.78, 5) is 15.0. The van der Waals surface area contributed by atoms with E-state index < -0.39 is 5.41 Å². The number of hydrogen-bond donors (Lipinski definition) is 0.